The van der Waals surface area contributed by atoms with Crippen LogP contribution in [0, 0.1) is 23.7 Å². The highest BCUT2D eigenvalue weighted by Crippen LogP contribution is 2.47. The molecule has 2 fully saturated rings. The van der Waals surface area contributed by atoms with Crippen LogP contribution in [0.15, 0.2) is 0 Å². The van der Waals surface area contributed by atoms with E-state index in [0.29, 0.717) is 17.8 Å². The Labute approximate surface area is 123 Å². The number of hydrogen-bond acceptors (Lipinski definition) is 2. The van der Waals surface area contributed by atoms with Gasteiger partial charge in [0.2, 0.25) is 5.91 Å². The molecule has 3 nitrogen and oxygen atoms in total. The first kappa shape index (κ1) is 16.8. The lowest BCUT2D eigenvalue weighted by atomic mass is 9.84. The van der Waals surface area contributed by atoms with Gasteiger partial charge in [0.25, 0.3) is 0 Å². The topological polar surface area (TPSA) is 55.1 Å². The second-order valence-electron chi connectivity index (χ2n) is 6.82. The van der Waals surface area contributed by atoms with Crippen molar-refractivity contribution in [3.05, 3.63) is 0 Å². The van der Waals surface area contributed by atoms with Crippen LogP contribution >= 0.6 is 12.4 Å². The molecule has 2 rings (SSSR count). The average molecular weight is 289 g/mol. The van der Waals surface area contributed by atoms with Crippen molar-refractivity contribution >= 4 is 18.3 Å². The molecule has 1 amide bonds. The van der Waals surface area contributed by atoms with Gasteiger partial charge in [0.1, 0.15) is 0 Å². The normalized spacial score (nSPS) is 34.2. The molecule has 0 heterocycles. The summed E-state index contributed by atoms with van der Waals surface area (Å²) in [5, 5.41) is 3.17. The molecule has 2 saturated carbocycles. The Morgan fingerprint density at radius 3 is 2.37 bits per heavy atom. The van der Waals surface area contributed by atoms with Crippen molar-refractivity contribution in [2.24, 2.45) is 29.4 Å². The second kappa shape index (κ2) is 6.94. The lowest BCUT2D eigenvalue weighted by Gasteiger charge is -2.28. The van der Waals surface area contributed by atoms with Crippen LogP contribution in [0.25, 0.3) is 0 Å². The number of carbonyl (C=O) groups is 1. The van der Waals surface area contributed by atoms with Crippen molar-refractivity contribution in [2.75, 3.05) is 0 Å². The van der Waals surface area contributed by atoms with Gasteiger partial charge >= 0.3 is 0 Å². The van der Waals surface area contributed by atoms with Crippen LogP contribution in [0.1, 0.15) is 52.9 Å². The number of nitrogens with two attached hydrogens (primary N) is 1. The number of nitrogens with one attached hydrogen (secondary N) is 1. The fourth-order valence-electron chi connectivity index (χ4n) is 3.72. The predicted octanol–water partition coefficient (Wildman–Crippen LogP) is 2.72. The average Bonchev–Trinajstić information content (AvgIpc) is 2.86. The maximum absolute atomic E-state index is 12.3. The number of carbonyl (C=O) groups excluding carboxylic acids is 1. The molecule has 5 unspecified atom stereocenters. The van der Waals surface area contributed by atoms with Gasteiger partial charge in [-0.05, 0) is 56.8 Å². The second-order valence-corrected chi connectivity index (χ2v) is 6.82. The SMILES string of the molecule is CC(C)CCC(C)NC(=O)C1C2CCC(C2)C1N.Cl. The summed E-state index contributed by atoms with van der Waals surface area (Å²) in [7, 11) is 0. The van der Waals surface area contributed by atoms with E-state index in [1.807, 2.05) is 0 Å². The fourth-order valence-corrected chi connectivity index (χ4v) is 3.72. The molecular formula is C15H29ClN2O. The van der Waals surface area contributed by atoms with Gasteiger partial charge in [-0.2, -0.15) is 0 Å². The van der Waals surface area contributed by atoms with Crippen molar-refractivity contribution in [2.45, 2.75) is 65.0 Å². The van der Waals surface area contributed by atoms with Gasteiger partial charge in [-0.25, -0.2) is 0 Å². The lowest BCUT2D eigenvalue weighted by Crippen LogP contribution is -2.47. The molecule has 2 aliphatic rings. The Kier molecular flexibility index (Phi) is 6.13. The standard InChI is InChI=1S/C15H28N2O.ClH/c1-9(2)4-5-10(3)17-15(18)13-11-6-7-12(8-11)14(13)16;/h9-14H,4-8,16H2,1-3H3,(H,17,18);1H. The highest BCUT2D eigenvalue weighted by molar-refractivity contribution is 5.85. The maximum Gasteiger partial charge on any atom is 0.225 e. The van der Waals surface area contributed by atoms with Crippen LogP contribution in [0.5, 0.6) is 0 Å². The molecule has 2 bridgehead atoms. The smallest absolute Gasteiger partial charge is 0.225 e. The van der Waals surface area contributed by atoms with Crippen LogP contribution in [-0.2, 0) is 4.79 Å². The van der Waals surface area contributed by atoms with Gasteiger partial charge in [0.15, 0.2) is 0 Å². The summed E-state index contributed by atoms with van der Waals surface area (Å²) in [5.41, 5.74) is 6.20. The fraction of sp³-hybridized carbons (Fsp3) is 0.933. The Balaban J connectivity index is 0.00000180. The molecule has 0 aromatic carbocycles. The minimum absolute atomic E-state index is 0. The van der Waals surface area contributed by atoms with E-state index in [1.54, 1.807) is 0 Å². The summed E-state index contributed by atoms with van der Waals surface area (Å²) >= 11 is 0. The summed E-state index contributed by atoms with van der Waals surface area (Å²) in [4.78, 5) is 12.3. The first-order valence-electron chi connectivity index (χ1n) is 7.55. The monoisotopic (exact) mass is 288 g/mol. The van der Waals surface area contributed by atoms with Gasteiger partial charge in [-0.1, -0.05) is 13.8 Å². The molecule has 19 heavy (non-hydrogen) atoms. The van der Waals surface area contributed by atoms with Crippen molar-refractivity contribution in [1.29, 1.82) is 0 Å². The summed E-state index contributed by atoms with van der Waals surface area (Å²) in [5.74, 6) is 2.17. The van der Waals surface area contributed by atoms with E-state index in [-0.39, 0.29) is 36.3 Å². The zero-order valence-electron chi connectivity index (χ0n) is 12.4. The number of amides is 1. The Morgan fingerprint density at radius 2 is 1.84 bits per heavy atom. The third kappa shape index (κ3) is 3.85. The third-order valence-electron chi connectivity index (χ3n) is 4.85. The molecule has 0 radical (unpaired) electrons. The molecule has 5 atom stereocenters. The molecule has 112 valence electrons. The van der Waals surface area contributed by atoms with Crippen LogP contribution in [0.2, 0.25) is 0 Å². The zero-order valence-corrected chi connectivity index (χ0v) is 13.2. The molecule has 4 heteroatoms. The Morgan fingerprint density at radius 1 is 1.21 bits per heavy atom. The highest BCUT2D eigenvalue weighted by Gasteiger charge is 2.49. The first-order chi connectivity index (χ1) is 8.49. The van der Waals surface area contributed by atoms with Crippen molar-refractivity contribution in [1.82, 2.24) is 5.32 Å². The number of rotatable bonds is 5. The molecule has 0 spiro atoms. The molecule has 0 saturated heterocycles. The van der Waals surface area contributed by atoms with E-state index in [1.165, 1.54) is 25.7 Å². The largest absolute Gasteiger partial charge is 0.353 e. The number of hydrogen-bond donors (Lipinski definition) is 2. The van der Waals surface area contributed by atoms with Gasteiger partial charge in [0.05, 0.1) is 5.92 Å². The van der Waals surface area contributed by atoms with E-state index in [9.17, 15) is 4.79 Å². The quantitative estimate of drug-likeness (QED) is 0.817. The molecular weight excluding hydrogens is 260 g/mol. The predicted molar refractivity (Wildman–Crippen MR) is 81.2 cm³/mol. The van der Waals surface area contributed by atoms with Crippen molar-refractivity contribution in [3.63, 3.8) is 0 Å². The van der Waals surface area contributed by atoms with Gasteiger partial charge in [0, 0.05) is 12.1 Å². The van der Waals surface area contributed by atoms with Crippen LogP contribution in [0.4, 0.5) is 0 Å². The molecule has 3 N–H and O–H groups in total. The van der Waals surface area contributed by atoms with Gasteiger partial charge in [-0.3, -0.25) is 4.79 Å². The van der Waals surface area contributed by atoms with Crippen molar-refractivity contribution < 1.29 is 4.79 Å². The highest BCUT2D eigenvalue weighted by atomic mass is 35.5. The number of fused-ring (bicyclic) bond motifs is 2. The molecule has 0 aromatic rings. The van der Waals surface area contributed by atoms with Crippen LogP contribution in [0.3, 0.4) is 0 Å². The van der Waals surface area contributed by atoms with E-state index in [2.05, 4.69) is 26.1 Å². The minimum atomic E-state index is 0. The van der Waals surface area contributed by atoms with Gasteiger partial charge in [-0.15, -0.1) is 12.4 Å². The minimum Gasteiger partial charge on any atom is -0.353 e. The van der Waals surface area contributed by atoms with Crippen molar-refractivity contribution in [3.8, 4) is 0 Å². The van der Waals surface area contributed by atoms with E-state index in [0.717, 1.165) is 6.42 Å². The molecule has 0 aromatic heterocycles. The van der Waals surface area contributed by atoms with Crippen LogP contribution < -0.4 is 11.1 Å². The first-order valence-corrected chi connectivity index (χ1v) is 7.55. The van der Waals surface area contributed by atoms with Gasteiger partial charge < -0.3 is 11.1 Å². The summed E-state index contributed by atoms with van der Waals surface area (Å²) < 4.78 is 0. The maximum atomic E-state index is 12.3. The van der Waals surface area contributed by atoms with E-state index < -0.39 is 0 Å². The molecule has 2 aliphatic carbocycles. The van der Waals surface area contributed by atoms with Crippen LogP contribution in [-0.4, -0.2) is 18.0 Å². The van der Waals surface area contributed by atoms with E-state index >= 15 is 0 Å². The number of halogens is 1. The summed E-state index contributed by atoms with van der Waals surface area (Å²) in [6.07, 6.45) is 5.86. The molecule has 0 aliphatic heterocycles. The zero-order chi connectivity index (χ0) is 13.3. The summed E-state index contributed by atoms with van der Waals surface area (Å²) in [6, 6.07) is 0.396. The third-order valence-corrected chi connectivity index (χ3v) is 4.85. The summed E-state index contributed by atoms with van der Waals surface area (Å²) in [6.45, 7) is 6.56. The Bertz CT molecular complexity index is 307. The lowest BCUT2D eigenvalue weighted by molar-refractivity contribution is -0.127. The Hall–Kier alpha value is -0.280. The van der Waals surface area contributed by atoms with E-state index in [4.69, 9.17) is 5.73 Å².